The third kappa shape index (κ3) is 8.31. The Morgan fingerprint density at radius 1 is 0.861 bits per heavy atom. The number of benzene rings is 1. The van der Waals surface area contributed by atoms with Crippen molar-refractivity contribution >= 4 is 12.6 Å². The first-order chi connectivity index (χ1) is 16.4. The molecule has 0 heterocycles. The first kappa shape index (κ1) is 35.1. The average Bonchev–Trinajstić information content (AvgIpc) is 3.30. The van der Waals surface area contributed by atoms with Crippen molar-refractivity contribution < 1.29 is 21.7 Å². The molecule has 0 radical (unpaired) electrons. The Morgan fingerprint density at radius 2 is 1.31 bits per heavy atom. The molecule has 1 aliphatic carbocycles. The van der Waals surface area contributed by atoms with E-state index >= 15 is 0 Å². The summed E-state index contributed by atoms with van der Waals surface area (Å²) < 4.78 is 5.79. The van der Waals surface area contributed by atoms with Crippen molar-refractivity contribution in [3.8, 4) is 0 Å². The zero-order chi connectivity index (χ0) is 26.8. The summed E-state index contributed by atoms with van der Waals surface area (Å²) in [6, 6.07) is 10.0. The minimum absolute atomic E-state index is 0. The molecule has 1 aromatic rings. The van der Waals surface area contributed by atoms with Crippen molar-refractivity contribution in [1.82, 2.24) is 0 Å². The van der Waals surface area contributed by atoms with Crippen molar-refractivity contribution in [3.63, 3.8) is 0 Å². The third-order valence-electron chi connectivity index (χ3n) is 7.63. The fourth-order valence-corrected chi connectivity index (χ4v) is 14.6. The van der Waals surface area contributed by atoms with Gasteiger partial charge >= 0.3 is 0 Å². The van der Waals surface area contributed by atoms with E-state index in [1.165, 1.54) is 44.2 Å². The van der Waals surface area contributed by atoms with Gasteiger partial charge < -0.3 is 0 Å². The van der Waals surface area contributed by atoms with E-state index in [1.54, 1.807) is 6.08 Å². The molecule has 1 aliphatic rings. The summed E-state index contributed by atoms with van der Waals surface area (Å²) in [7, 11) is -1.69. The van der Waals surface area contributed by atoms with E-state index in [9.17, 15) is 0 Å². The van der Waals surface area contributed by atoms with E-state index in [-0.39, 0.29) is 37.2 Å². The van der Waals surface area contributed by atoms with Crippen LogP contribution in [0.25, 0.3) is 5.57 Å². The number of allylic oxidation sites excluding steroid dienone is 5. The molecule has 0 atom stereocenters. The van der Waals surface area contributed by atoms with Gasteiger partial charge in [0, 0.05) is 49.3 Å². The number of hydrogen-bond donors (Lipinski definition) is 0. The molecular weight excluding hydrogens is 489 g/mol. The molecule has 0 aromatic heterocycles. The number of rotatable bonds is 12. The summed E-state index contributed by atoms with van der Waals surface area (Å²) in [5.41, 5.74) is 3.43. The quantitative estimate of drug-likeness (QED) is 0.141. The topological polar surface area (TPSA) is 12.4 Å². The standard InChI is InChI=1S/C23H44NP.C10H10.Ti/c1-10-17-21(4,5)25(22(6,7)18-11-2,23(8,9)19-12-3)24-20-15-13-14-16-20;1-3-9(2)10-7-5-4-6-8-10;/h13-15H,10-12,16-19H2,1-9H3;3-8H,1-2H2;. The largest absolute Gasteiger partial charge is 0.270 e. The van der Waals surface area contributed by atoms with Gasteiger partial charge in [0.2, 0.25) is 0 Å². The normalized spacial score (nSPS) is 13.8. The third-order valence-corrected chi connectivity index (χ3v) is 14.1. The maximum Gasteiger partial charge on any atom is 0.0425 e. The Kier molecular flexibility index (Phi) is 15.1. The molecule has 36 heavy (non-hydrogen) atoms. The zero-order valence-corrected chi connectivity index (χ0v) is 27.4. The van der Waals surface area contributed by atoms with Gasteiger partial charge in [-0.3, -0.25) is 4.74 Å². The number of hydrogen-bond acceptors (Lipinski definition) is 1. The summed E-state index contributed by atoms with van der Waals surface area (Å²) in [6.45, 7) is 29.7. The van der Waals surface area contributed by atoms with Crippen LogP contribution in [0.3, 0.4) is 0 Å². The van der Waals surface area contributed by atoms with Crippen LogP contribution in [0.2, 0.25) is 0 Å². The van der Waals surface area contributed by atoms with E-state index in [0.29, 0.717) is 0 Å². The molecule has 0 saturated heterocycles. The molecule has 0 fully saturated rings. The van der Waals surface area contributed by atoms with Crippen LogP contribution in [-0.2, 0) is 21.7 Å². The van der Waals surface area contributed by atoms with E-state index in [1.807, 2.05) is 30.3 Å². The molecule has 3 heteroatoms. The van der Waals surface area contributed by atoms with Crippen LogP contribution in [0.1, 0.15) is 113 Å². The second-order valence-electron chi connectivity index (χ2n) is 11.8. The summed E-state index contributed by atoms with van der Waals surface area (Å²) >= 11 is 0. The molecule has 0 saturated carbocycles. The molecule has 0 bridgehead atoms. The van der Waals surface area contributed by atoms with E-state index in [2.05, 4.69) is 93.7 Å². The SMILES string of the molecule is C=CC(=C)c1ccccc1.CCCC(C)(C)P(=NC1=CC=CC1)(C(C)(C)CCC)C(C)(C)CCC.[Ti]. The Bertz CT molecular complexity index is 879. The van der Waals surface area contributed by atoms with E-state index in [4.69, 9.17) is 4.74 Å². The van der Waals surface area contributed by atoms with Crippen LogP contribution >= 0.6 is 7.05 Å². The van der Waals surface area contributed by atoms with Gasteiger partial charge in [0.05, 0.1) is 0 Å². The zero-order valence-electron chi connectivity index (χ0n) is 25.0. The number of nitrogens with zero attached hydrogens (tertiary/aromatic N) is 1. The maximum atomic E-state index is 5.79. The minimum atomic E-state index is -1.69. The van der Waals surface area contributed by atoms with Crippen molar-refractivity contribution in [3.05, 3.63) is 79.1 Å². The van der Waals surface area contributed by atoms with Crippen molar-refractivity contribution in [1.29, 1.82) is 0 Å². The summed E-state index contributed by atoms with van der Waals surface area (Å²) in [5, 5.41) is 0.799. The van der Waals surface area contributed by atoms with Gasteiger partial charge in [-0.15, -0.1) is 0 Å². The van der Waals surface area contributed by atoms with Gasteiger partial charge in [0.25, 0.3) is 0 Å². The van der Waals surface area contributed by atoms with Gasteiger partial charge in [-0.25, -0.2) is 0 Å². The second kappa shape index (κ2) is 15.5. The Morgan fingerprint density at radius 3 is 1.64 bits per heavy atom. The minimum Gasteiger partial charge on any atom is -0.270 e. The van der Waals surface area contributed by atoms with Gasteiger partial charge in [-0.2, -0.15) is 0 Å². The van der Waals surface area contributed by atoms with Gasteiger partial charge in [0.15, 0.2) is 0 Å². The Hall–Kier alpha value is -0.876. The fourth-order valence-electron chi connectivity index (χ4n) is 6.66. The van der Waals surface area contributed by atoms with Crippen molar-refractivity contribution in [2.24, 2.45) is 4.74 Å². The van der Waals surface area contributed by atoms with Crippen LogP contribution in [-0.4, -0.2) is 15.5 Å². The predicted molar refractivity (Wildman–Crippen MR) is 164 cm³/mol. The first-order valence-electron chi connectivity index (χ1n) is 13.7. The molecule has 200 valence electrons. The first-order valence-corrected chi connectivity index (χ1v) is 15.4. The second-order valence-corrected chi connectivity index (χ2v) is 16.9. The summed E-state index contributed by atoms with van der Waals surface area (Å²) in [4.78, 5) is 0. The molecular formula is C33H54NPTi. The van der Waals surface area contributed by atoms with Crippen LogP contribution in [0.5, 0.6) is 0 Å². The average molecular weight is 544 g/mol. The molecule has 0 spiro atoms. The molecule has 0 amide bonds. The monoisotopic (exact) mass is 543 g/mol. The molecule has 1 nitrogen and oxygen atoms in total. The van der Waals surface area contributed by atoms with Crippen molar-refractivity contribution in [2.45, 2.75) is 123 Å². The predicted octanol–water partition coefficient (Wildman–Crippen LogP) is 11.7. The van der Waals surface area contributed by atoms with Crippen LogP contribution in [0, 0.1) is 0 Å². The van der Waals surface area contributed by atoms with Gasteiger partial charge in [-0.1, -0.05) is 143 Å². The smallest absolute Gasteiger partial charge is 0.0425 e. The Labute approximate surface area is 240 Å². The van der Waals surface area contributed by atoms with Crippen LogP contribution < -0.4 is 0 Å². The summed E-state index contributed by atoms with van der Waals surface area (Å²) in [5.74, 6) is 0. The van der Waals surface area contributed by atoms with Gasteiger partial charge in [-0.05, 0) is 43.5 Å². The van der Waals surface area contributed by atoms with Crippen LogP contribution in [0.4, 0.5) is 0 Å². The molecule has 0 unspecified atom stereocenters. The van der Waals surface area contributed by atoms with Crippen LogP contribution in [0.15, 0.2) is 78.2 Å². The maximum absolute atomic E-state index is 5.79. The molecule has 0 N–H and O–H groups in total. The summed E-state index contributed by atoms with van der Waals surface area (Å²) in [6.07, 6.45) is 17.0. The van der Waals surface area contributed by atoms with Crippen molar-refractivity contribution in [2.75, 3.05) is 0 Å². The van der Waals surface area contributed by atoms with Gasteiger partial charge in [0.1, 0.15) is 0 Å². The molecule has 0 aliphatic heterocycles. The fraction of sp³-hybridized carbons (Fsp3) is 0.576. The Balaban J connectivity index is 0.000000930. The molecule has 1 aromatic carbocycles. The van der Waals surface area contributed by atoms with E-state index in [0.717, 1.165) is 17.6 Å². The molecule has 2 rings (SSSR count). The van der Waals surface area contributed by atoms with E-state index < -0.39 is 7.05 Å².